The van der Waals surface area contributed by atoms with Gasteiger partial charge in [0.2, 0.25) is 0 Å². The molecule has 5 rings (SSSR count). The second kappa shape index (κ2) is 8.94. The van der Waals surface area contributed by atoms with Crippen molar-refractivity contribution in [3.8, 4) is 11.6 Å². The standard InChI is InChI=1S/C25H22F3N5O2/c1-16-4-9-20-19(15-16)23(31-22(30-20)21-3-2-14-35-21)32-10-12-33(13-11-32)24(34)29-18-7-5-17(6-8-18)25(26,27)28/h2-9,14-15H,10-13H2,1H3,(H,29,34). The first-order valence-electron chi connectivity index (χ1n) is 11.1. The minimum absolute atomic E-state index is 0.311. The fourth-order valence-electron chi connectivity index (χ4n) is 4.05. The molecule has 2 amide bonds. The average Bonchev–Trinajstić information content (AvgIpc) is 3.38. The highest BCUT2D eigenvalue weighted by molar-refractivity contribution is 5.92. The van der Waals surface area contributed by atoms with Gasteiger partial charge in [-0.25, -0.2) is 14.8 Å². The molecule has 0 bridgehead atoms. The maximum Gasteiger partial charge on any atom is 0.416 e. The lowest BCUT2D eigenvalue weighted by Crippen LogP contribution is -2.50. The van der Waals surface area contributed by atoms with Crippen LogP contribution in [-0.4, -0.2) is 47.1 Å². The number of carbonyl (C=O) groups excluding carboxylic acids is 1. The molecule has 0 atom stereocenters. The number of nitrogens with zero attached hydrogens (tertiary/aromatic N) is 4. The number of piperazine rings is 1. The largest absolute Gasteiger partial charge is 0.461 e. The predicted octanol–water partition coefficient (Wildman–Crippen LogP) is 5.57. The van der Waals surface area contributed by atoms with Crippen molar-refractivity contribution in [2.75, 3.05) is 36.4 Å². The summed E-state index contributed by atoms with van der Waals surface area (Å²) >= 11 is 0. The third-order valence-corrected chi connectivity index (χ3v) is 5.90. The molecule has 1 saturated heterocycles. The maximum absolute atomic E-state index is 12.8. The third kappa shape index (κ3) is 4.77. The summed E-state index contributed by atoms with van der Waals surface area (Å²) in [5.41, 5.74) is 1.44. The molecule has 0 spiro atoms. The molecule has 0 radical (unpaired) electrons. The second-order valence-corrected chi connectivity index (χ2v) is 8.35. The van der Waals surface area contributed by atoms with E-state index in [9.17, 15) is 18.0 Å². The Morgan fingerprint density at radius 1 is 1.00 bits per heavy atom. The molecule has 180 valence electrons. The van der Waals surface area contributed by atoms with Gasteiger partial charge in [0.15, 0.2) is 11.6 Å². The number of hydrogen-bond donors (Lipinski definition) is 1. The number of nitrogens with one attached hydrogen (secondary N) is 1. The highest BCUT2D eigenvalue weighted by Crippen LogP contribution is 2.31. The van der Waals surface area contributed by atoms with Crippen molar-refractivity contribution in [1.29, 1.82) is 0 Å². The van der Waals surface area contributed by atoms with Crippen molar-refractivity contribution in [3.63, 3.8) is 0 Å². The van der Waals surface area contributed by atoms with Crippen molar-refractivity contribution >= 4 is 28.4 Å². The Morgan fingerprint density at radius 3 is 2.40 bits per heavy atom. The van der Waals surface area contributed by atoms with Gasteiger partial charge in [0.1, 0.15) is 5.82 Å². The summed E-state index contributed by atoms with van der Waals surface area (Å²) in [6, 6.07) is 13.6. The summed E-state index contributed by atoms with van der Waals surface area (Å²) in [5, 5.41) is 3.59. The Hall–Kier alpha value is -4.08. The van der Waals surface area contributed by atoms with Gasteiger partial charge in [0.25, 0.3) is 0 Å². The number of hydrogen-bond acceptors (Lipinski definition) is 5. The van der Waals surface area contributed by atoms with Gasteiger partial charge in [0, 0.05) is 37.3 Å². The van der Waals surface area contributed by atoms with Gasteiger partial charge in [-0.2, -0.15) is 13.2 Å². The van der Waals surface area contributed by atoms with Crippen molar-refractivity contribution in [2.45, 2.75) is 13.1 Å². The van der Waals surface area contributed by atoms with Gasteiger partial charge >= 0.3 is 12.2 Å². The summed E-state index contributed by atoms with van der Waals surface area (Å²) in [5.74, 6) is 1.83. The van der Waals surface area contributed by atoms with E-state index in [4.69, 9.17) is 9.40 Å². The molecule has 1 aliphatic heterocycles. The third-order valence-electron chi connectivity index (χ3n) is 5.90. The minimum Gasteiger partial charge on any atom is -0.461 e. The van der Waals surface area contributed by atoms with Crippen LogP contribution in [0.4, 0.5) is 29.5 Å². The van der Waals surface area contributed by atoms with Crippen LogP contribution in [0.2, 0.25) is 0 Å². The molecule has 3 heterocycles. The summed E-state index contributed by atoms with van der Waals surface area (Å²) in [6.07, 6.45) is -2.84. The van der Waals surface area contributed by atoms with E-state index in [0.717, 1.165) is 34.4 Å². The normalized spacial score (nSPS) is 14.4. The number of amides is 2. The fraction of sp³-hybridized carbons (Fsp3) is 0.240. The average molecular weight is 481 g/mol. The summed E-state index contributed by atoms with van der Waals surface area (Å²) in [6.45, 7) is 3.95. The number of alkyl halides is 3. The molecule has 0 saturated carbocycles. The minimum atomic E-state index is -4.42. The lowest BCUT2D eigenvalue weighted by molar-refractivity contribution is -0.137. The first-order chi connectivity index (χ1) is 16.8. The van der Waals surface area contributed by atoms with Gasteiger partial charge < -0.3 is 19.5 Å². The lowest BCUT2D eigenvalue weighted by Gasteiger charge is -2.35. The van der Waals surface area contributed by atoms with Crippen molar-refractivity contribution in [2.24, 2.45) is 0 Å². The van der Waals surface area contributed by atoms with Gasteiger partial charge in [-0.1, -0.05) is 11.6 Å². The number of aryl methyl sites for hydroxylation is 1. The van der Waals surface area contributed by atoms with Gasteiger partial charge in [-0.3, -0.25) is 0 Å². The second-order valence-electron chi connectivity index (χ2n) is 8.35. The van der Waals surface area contributed by atoms with Crippen LogP contribution in [-0.2, 0) is 6.18 Å². The molecular formula is C25H22F3N5O2. The molecule has 10 heteroatoms. The van der Waals surface area contributed by atoms with E-state index in [1.807, 2.05) is 31.2 Å². The van der Waals surface area contributed by atoms with E-state index < -0.39 is 11.7 Å². The SMILES string of the molecule is Cc1ccc2nc(-c3ccco3)nc(N3CCN(C(=O)Nc4ccc(C(F)(F)F)cc4)CC3)c2c1. The number of benzene rings is 2. The Balaban J connectivity index is 1.31. The number of halogens is 3. The highest BCUT2D eigenvalue weighted by atomic mass is 19.4. The van der Waals surface area contributed by atoms with Crippen LogP contribution >= 0.6 is 0 Å². The number of carbonyl (C=O) groups is 1. The zero-order valence-corrected chi connectivity index (χ0v) is 18.8. The first kappa shape index (κ1) is 22.7. The topological polar surface area (TPSA) is 74.5 Å². The quantitative estimate of drug-likeness (QED) is 0.414. The van der Waals surface area contributed by atoms with Crippen LogP contribution in [0.5, 0.6) is 0 Å². The van der Waals surface area contributed by atoms with Gasteiger partial charge in [0.05, 0.1) is 17.3 Å². The van der Waals surface area contributed by atoms with Crippen LogP contribution in [0.3, 0.4) is 0 Å². The van der Waals surface area contributed by atoms with E-state index in [-0.39, 0.29) is 6.03 Å². The van der Waals surface area contributed by atoms with E-state index in [1.165, 1.54) is 12.1 Å². The molecule has 0 unspecified atom stereocenters. The number of furan rings is 1. The Morgan fingerprint density at radius 2 is 1.74 bits per heavy atom. The van der Waals surface area contributed by atoms with Gasteiger partial charge in [-0.15, -0.1) is 0 Å². The number of urea groups is 1. The molecule has 1 fully saturated rings. The number of fused-ring (bicyclic) bond motifs is 1. The number of anilines is 2. The lowest BCUT2D eigenvalue weighted by atomic mass is 10.1. The van der Waals surface area contributed by atoms with E-state index >= 15 is 0 Å². The predicted molar refractivity (Wildman–Crippen MR) is 126 cm³/mol. The number of aromatic nitrogens is 2. The van der Waals surface area contributed by atoms with Crippen LogP contribution in [0.1, 0.15) is 11.1 Å². The molecule has 35 heavy (non-hydrogen) atoms. The van der Waals surface area contributed by atoms with Crippen LogP contribution in [0.15, 0.2) is 65.3 Å². The van der Waals surface area contributed by atoms with E-state index in [0.29, 0.717) is 43.5 Å². The molecule has 1 N–H and O–H groups in total. The van der Waals surface area contributed by atoms with E-state index in [1.54, 1.807) is 17.2 Å². The van der Waals surface area contributed by atoms with Crippen LogP contribution in [0, 0.1) is 6.92 Å². The molecule has 0 aliphatic carbocycles. The Labute approximate surface area is 199 Å². The maximum atomic E-state index is 12.8. The van der Waals surface area contributed by atoms with Crippen molar-refractivity contribution in [1.82, 2.24) is 14.9 Å². The fourth-order valence-corrected chi connectivity index (χ4v) is 4.05. The molecule has 1 aliphatic rings. The van der Waals surface area contributed by atoms with Crippen LogP contribution in [0.25, 0.3) is 22.5 Å². The summed E-state index contributed by atoms with van der Waals surface area (Å²) in [7, 11) is 0. The Bertz CT molecular complexity index is 1350. The van der Waals surface area contributed by atoms with Gasteiger partial charge in [-0.05, 0) is 55.5 Å². The molecule has 2 aromatic heterocycles. The highest BCUT2D eigenvalue weighted by Gasteiger charge is 2.30. The smallest absolute Gasteiger partial charge is 0.416 e. The van der Waals surface area contributed by atoms with Crippen LogP contribution < -0.4 is 10.2 Å². The Kier molecular flexibility index (Phi) is 5.80. The zero-order valence-electron chi connectivity index (χ0n) is 18.8. The number of rotatable bonds is 3. The monoisotopic (exact) mass is 481 g/mol. The molecule has 2 aromatic carbocycles. The molecule has 4 aromatic rings. The molecular weight excluding hydrogens is 459 g/mol. The first-order valence-corrected chi connectivity index (χ1v) is 11.1. The molecule has 7 nitrogen and oxygen atoms in total. The zero-order chi connectivity index (χ0) is 24.6. The summed E-state index contributed by atoms with van der Waals surface area (Å²) < 4.78 is 43.8. The van der Waals surface area contributed by atoms with Crippen molar-refractivity contribution in [3.05, 3.63) is 72.0 Å². The van der Waals surface area contributed by atoms with Crippen molar-refractivity contribution < 1.29 is 22.4 Å². The van der Waals surface area contributed by atoms with E-state index in [2.05, 4.69) is 15.2 Å². The summed E-state index contributed by atoms with van der Waals surface area (Å²) in [4.78, 5) is 25.9.